The first-order chi connectivity index (χ1) is 13.4. The van der Waals surface area contributed by atoms with Crippen molar-refractivity contribution in [2.75, 3.05) is 7.11 Å². The number of halogens is 2. The van der Waals surface area contributed by atoms with Gasteiger partial charge < -0.3 is 9.47 Å². The molecule has 0 bridgehead atoms. The van der Waals surface area contributed by atoms with Crippen molar-refractivity contribution in [1.29, 1.82) is 0 Å². The molecule has 0 saturated heterocycles. The molecule has 8 heteroatoms. The molecule has 0 amide bonds. The molecule has 0 N–H and O–H groups in total. The Bertz CT molecular complexity index is 1100. The summed E-state index contributed by atoms with van der Waals surface area (Å²) >= 11 is 0. The molecular formula is C20H16F2N2O4. The maximum atomic E-state index is 13.7. The highest BCUT2D eigenvalue weighted by atomic mass is 19.1. The van der Waals surface area contributed by atoms with Gasteiger partial charge in [-0.05, 0) is 36.8 Å². The minimum atomic E-state index is -0.747. The van der Waals surface area contributed by atoms with Gasteiger partial charge in [0.2, 0.25) is 5.88 Å². The zero-order valence-electron chi connectivity index (χ0n) is 15.1. The molecule has 1 aromatic heterocycles. The molecule has 28 heavy (non-hydrogen) atoms. The maximum Gasteiger partial charge on any atom is 0.337 e. The van der Waals surface area contributed by atoms with E-state index in [-0.39, 0.29) is 18.1 Å². The summed E-state index contributed by atoms with van der Waals surface area (Å²) in [6, 6.07) is 9.08. The molecule has 0 aliphatic heterocycles. The van der Waals surface area contributed by atoms with Gasteiger partial charge in [0.05, 0.1) is 24.4 Å². The smallest absolute Gasteiger partial charge is 0.337 e. The van der Waals surface area contributed by atoms with E-state index < -0.39 is 23.2 Å². The zero-order valence-corrected chi connectivity index (χ0v) is 15.1. The summed E-state index contributed by atoms with van der Waals surface area (Å²) in [5.41, 5.74) is 1.20. The number of nitrogens with zero attached hydrogens (tertiary/aromatic N) is 2. The Balaban J connectivity index is 1.85. The second kappa shape index (κ2) is 7.99. The number of ether oxygens (including phenoxy) is 2. The van der Waals surface area contributed by atoms with Crippen molar-refractivity contribution in [3.63, 3.8) is 0 Å². The van der Waals surface area contributed by atoms with Gasteiger partial charge in [-0.3, -0.25) is 9.36 Å². The van der Waals surface area contributed by atoms with Gasteiger partial charge in [0, 0.05) is 11.6 Å². The summed E-state index contributed by atoms with van der Waals surface area (Å²) in [7, 11) is 1.27. The number of carbonyl (C=O) groups excluding carboxylic acids is 1. The molecule has 3 rings (SSSR count). The standard InChI is InChI=1S/C20H16F2N2O4/c1-12-3-4-13(20(26)27-2)7-17(12)24-11-23-18(9-19(24)25)28-10-14-5-6-15(21)8-16(14)22/h3-9,11H,10H2,1-2H3. The predicted molar refractivity (Wildman–Crippen MR) is 96.6 cm³/mol. The van der Waals surface area contributed by atoms with Crippen LogP contribution in [-0.4, -0.2) is 22.6 Å². The molecule has 0 atom stereocenters. The summed E-state index contributed by atoms with van der Waals surface area (Å²) in [6.07, 6.45) is 1.25. The van der Waals surface area contributed by atoms with Crippen LogP contribution in [0, 0.1) is 18.6 Å². The Morgan fingerprint density at radius 3 is 2.61 bits per heavy atom. The third-order valence-electron chi connectivity index (χ3n) is 4.07. The van der Waals surface area contributed by atoms with Crippen LogP contribution in [0.25, 0.3) is 5.69 Å². The number of aromatic nitrogens is 2. The van der Waals surface area contributed by atoms with Crippen LogP contribution < -0.4 is 10.3 Å². The summed E-state index contributed by atoms with van der Waals surface area (Å²) in [4.78, 5) is 28.2. The van der Waals surface area contributed by atoms with Gasteiger partial charge in [0.1, 0.15) is 24.6 Å². The first kappa shape index (κ1) is 19.2. The number of hydrogen-bond acceptors (Lipinski definition) is 5. The number of rotatable bonds is 5. The predicted octanol–water partition coefficient (Wildman–Crippen LogP) is 3.18. The van der Waals surface area contributed by atoms with Gasteiger partial charge in [0.25, 0.3) is 5.56 Å². The number of carbonyl (C=O) groups is 1. The largest absolute Gasteiger partial charge is 0.473 e. The number of aryl methyl sites for hydroxylation is 1. The van der Waals surface area contributed by atoms with Gasteiger partial charge in [-0.1, -0.05) is 6.07 Å². The Kier molecular flexibility index (Phi) is 5.49. The van der Waals surface area contributed by atoms with Crippen molar-refractivity contribution in [3.8, 4) is 11.6 Å². The lowest BCUT2D eigenvalue weighted by molar-refractivity contribution is 0.0600. The topological polar surface area (TPSA) is 70.4 Å². The highest BCUT2D eigenvalue weighted by Gasteiger charge is 2.12. The highest BCUT2D eigenvalue weighted by Crippen LogP contribution is 2.17. The summed E-state index contributed by atoms with van der Waals surface area (Å²) in [6.45, 7) is 1.57. The van der Waals surface area contributed by atoms with Crippen LogP contribution >= 0.6 is 0 Å². The van der Waals surface area contributed by atoms with E-state index in [1.54, 1.807) is 19.1 Å². The van der Waals surface area contributed by atoms with Crippen molar-refractivity contribution >= 4 is 5.97 Å². The first-order valence-electron chi connectivity index (χ1n) is 8.24. The monoisotopic (exact) mass is 386 g/mol. The lowest BCUT2D eigenvalue weighted by Gasteiger charge is -2.11. The van der Waals surface area contributed by atoms with E-state index in [0.717, 1.165) is 23.8 Å². The summed E-state index contributed by atoms with van der Waals surface area (Å²) in [5, 5.41) is 0. The number of esters is 1. The normalized spacial score (nSPS) is 10.6. The highest BCUT2D eigenvalue weighted by molar-refractivity contribution is 5.90. The third kappa shape index (κ3) is 4.06. The Labute approximate surface area is 159 Å². The fourth-order valence-corrected chi connectivity index (χ4v) is 2.55. The summed E-state index contributed by atoms with van der Waals surface area (Å²) in [5.74, 6) is -1.97. The molecule has 144 valence electrons. The molecule has 3 aromatic rings. The molecule has 0 aliphatic carbocycles. The minimum absolute atomic E-state index is 0.00764. The van der Waals surface area contributed by atoms with Crippen LogP contribution in [0.15, 0.2) is 53.6 Å². The molecular weight excluding hydrogens is 370 g/mol. The molecule has 0 fully saturated rings. The Morgan fingerprint density at radius 1 is 1.14 bits per heavy atom. The third-order valence-corrected chi connectivity index (χ3v) is 4.07. The zero-order chi connectivity index (χ0) is 20.3. The van der Waals surface area contributed by atoms with Gasteiger partial charge in [-0.25, -0.2) is 18.6 Å². The van der Waals surface area contributed by atoms with Crippen molar-refractivity contribution < 1.29 is 23.0 Å². The van der Waals surface area contributed by atoms with Crippen molar-refractivity contribution in [3.05, 3.63) is 87.5 Å². The van der Waals surface area contributed by atoms with E-state index in [1.807, 2.05) is 0 Å². The molecule has 0 unspecified atom stereocenters. The van der Waals surface area contributed by atoms with Gasteiger partial charge in [-0.15, -0.1) is 0 Å². The molecule has 0 spiro atoms. The van der Waals surface area contributed by atoms with E-state index in [9.17, 15) is 18.4 Å². The summed E-state index contributed by atoms with van der Waals surface area (Å²) < 4.78 is 37.9. The van der Waals surface area contributed by atoms with Crippen LogP contribution in [0.5, 0.6) is 5.88 Å². The number of benzene rings is 2. The first-order valence-corrected chi connectivity index (χ1v) is 8.24. The lowest BCUT2D eigenvalue weighted by Crippen LogP contribution is -2.19. The van der Waals surface area contributed by atoms with E-state index in [2.05, 4.69) is 4.98 Å². The SMILES string of the molecule is COC(=O)c1ccc(C)c(-n2cnc(OCc3ccc(F)cc3F)cc2=O)c1. The van der Waals surface area contributed by atoms with Gasteiger partial charge in [0.15, 0.2) is 0 Å². The Hall–Kier alpha value is -3.55. The molecule has 0 aliphatic rings. The quantitative estimate of drug-likeness (QED) is 0.630. The van der Waals surface area contributed by atoms with Crippen molar-refractivity contribution in [2.45, 2.75) is 13.5 Å². The Morgan fingerprint density at radius 2 is 1.93 bits per heavy atom. The van der Waals surface area contributed by atoms with E-state index in [1.165, 1.54) is 30.1 Å². The molecule has 1 heterocycles. The van der Waals surface area contributed by atoms with Crippen LogP contribution in [0.1, 0.15) is 21.5 Å². The van der Waals surface area contributed by atoms with Crippen molar-refractivity contribution in [2.24, 2.45) is 0 Å². The minimum Gasteiger partial charge on any atom is -0.473 e. The van der Waals surface area contributed by atoms with E-state index in [0.29, 0.717) is 11.3 Å². The second-order valence-electron chi connectivity index (χ2n) is 5.95. The second-order valence-corrected chi connectivity index (χ2v) is 5.95. The fraction of sp³-hybridized carbons (Fsp3) is 0.150. The molecule has 2 aromatic carbocycles. The lowest BCUT2D eigenvalue weighted by atomic mass is 10.1. The number of methoxy groups -OCH3 is 1. The van der Waals surface area contributed by atoms with Crippen LogP contribution in [0.4, 0.5) is 8.78 Å². The number of hydrogen-bond donors (Lipinski definition) is 0. The average molecular weight is 386 g/mol. The van der Waals surface area contributed by atoms with Crippen LogP contribution in [0.3, 0.4) is 0 Å². The van der Waals surface area contributed by atoms with Gasteiger partial charge in [-0.2, -0.15) is 0 Å². The molecule has 0 radical (unpaired) electrons. The van der Waals surface area contributed by atoms with Crippen molar-refractivity contribution in [1.82, 2.24) is 9.55 Å². The fourth-order valence-electron chi connectivity index (χ4n) is 2.55. The van der Waals surface area contributed by atoms with E-state index >= 15 is 0 Å². The molecule has 0 saturated carbocycles. The van der Waals surface area contributed by atoms with E-state index in [4.69, 9.17) is 9.47 Å². The van der Waals surface area contributed by atoms with Gasteiger partial charge >= 0.3 is 5.97 Å². The average Bonchev–Trinajstić information content (AvgIpc) is 2.67. The maximum absolute atomic E-state index is 13.7. The van der Waals surface area contributed by atoms with Crippen LogP contribution in [0.2, 0.25) is 0 Å². The van der Waals surface area contributed by atoms with Crippen LogP contribution in [-0.2, 0) is 11.3 Å². The molecule has 6 nitrogen and oxygen atoms in total.